The van der Waals surface area contributed by atoms with E-state index in [1.54, 1.807) is 0 Å². The molecule has 0 atom stereocenters. The van der Waals surface area contributed by atoms with Crippen molar-refractivity contribution >= 4 is 0 Å². The quantitative estimate of drug-likeness (QED) is 0.775. The Morgan fingerprint density at radius 2 is 2.12 bits per heavy atom. The van der Waals surface area contributed by atoms with Crippen LogP contribution in [0, 0.1) is 11.8 Å². The van der Waals surface area contributed by atoms with Gasteiger partial charge in [0.1, 0.15) is 6.61 Å². The van der Waals surface area contributed by atoms with Crippen LogP contribution in [0.2, 0.25) is 0 Å². The maximum Gasteiger partial charge on any atom is 0.104 e. The zero-order valence-electron chi connectivity index (χ0n) is 9.61. The van der Waals surface area contributed by atoms with E-state index in [9.17, 15) is 0 Å². The summed E-state index contributed by atoms with van der Waals surface area (Å²) in [5, 5.41) is 8.71. The number of hydrogen-bond donors (Lipinski definition) is 1. The molecule has 16 heavy (non-hydrogen) atoms. The molecule has 1 N–H and O–H groups in total. The van der Waals surface area contributed by atoms with Gasteiger partial charge in [-0.2, -0.15) is 0 Å². The molecule has 1 saturated carbocycles. The first-order chi connectivity index (χ1) is 7.81. The van der Waals surface area contributed by atoms with E-state index in [0.29, 0.717) is 0 Å². The summed E-state index contributed by atoms with van der Waals surface area (Å²) >= 11 is 0. The molecular formula is C14H17NO. The third kappa shape index (κ3) is 2.85. The average molecular weight is 215 g/mol. The summed E-state index contributed by atoms with van der Waals surface area (Å²) in [7, 11) is 2.16. The highest BCUT2D eigenvalue weighted by Gasteiger charge is 2.26. The molecule has 0 spiro atoms. The molecule has 2 heteroatoms. The van der Waals surface area contributed by atoms with Gasteiger partial charge in [0, 0.05) is 18.2 Å². The first-order valence-electron chi connectivity index (χ1n) is 5.69. The number of aliphatic hydroxyl groups excluding tert-OH is 1. The maximum atomic E-state index is 8.71. The monoisotopic (exact) mass is 215 g/mol. The van der Waals surface area contributed by atoms with Crippen LogP contribution in [0.15, 0.2) is 24.3 Å². The fraction of sp³-hybridized carbons (Fsp3) is 0.429. The number of nitrogens with zero attached hydrogens (tertiary/aromatic N) is 1. The van der Waals surface area contributed by atoms with E-state index >= 15 is 0 Å². The van der Waals surface area contributed by atoms with Crippen molar-refractivity contribution in [3.8, 4) is 11.8 Å². The molecule has 0 radical (unpaired) electrons. The molecule has 0 saturated heterocycles. The number of benzene rings is 1. The summed E-state index contributed by atoms with van der Waals surface area (Å²) in [6, 6.07) is 8.92. The molecule has 1 aromatic rings. The number of rotatable bonds is 3. The van der Waals surface area contributed by atoms with Crippen molar-refractivity contribution in [1.82, 2.24) is 4.90 Å². The number of hydrogen-bond acceptors (Lipinski definition) is 2. The van der Waals surface area contributed by atoms with Gasteiger partial charge in [0.05, 0.1) is 0 Å². The molecule has 2 nitrogen and oxygen atoms in total. The van der Waals surface area contributed by atoms with Crippen molar-refractivity contribution in [2.24, 2.45) is 0 Å². The van der Waals surface area contributed by atoms with Crippen LogP contribution in [0.3, 0.4) is 0 Å². The summed E-state index contributed by atoms with van der Waals surface area (Å²) in [6.45, 7) is 0.869. The second-order valence-electron chi connectivity index (χ2n) is 4.26. The molecular weight excluding hydrogens is 198 g/mol. The Morgan fingerprint density at radius 1 is 1.38 bits per heavy atom. The molecule has 1 aromatic carbocycles. The molecule has 0 heterocycles. The Hall–Kier alpha value is -1.30. The summed E-state index contributed by atoms with van der Waals surface area (Å²) in [5.41, 5.74) is 2.28. The molecule has 1 fully saturated rings. The second-order valence-corrected chi connectivity index (χ2v) is 4.26. The van der Waals surface area contributed by atoms with E-state index < -0.39 is 0 Å². The third-order valence-electron chi connectivity index (χ3n) is 2.91. The molecule has 1 aliphatic rings. The van der Waals surface area contributed by atoms with Gasteiger partial charge in [-0.1, -0.05) is 30.0 Å². The van der Waals surface area contributed by atoms with E-state index in [2.05, 4.69) is 29.9 Å². The Kier molecular flexibility index (Phi) is 3.61. The molecule has 0 amide bonds. The van der Waals surface area contributed by atoms with Gasteiger partial charge in [0.2, 0.25) is 0 Å². The Labute approximate surface area is 96.9 Å². The lowest BCUT2D eigenvalue weighted by atomic mass is 10.1. The van der Waals surface area contributed by atoms with Crippen LogP contribution in [-0.2, 0) is 6.54 Å². The molecule has 84 valence electrons. The van der Waals surface area contributed by atoms with Crippen LogP contribution >= 0.6 is 0 Å². The first kappa shape index (κ1) is 11.2. The van der Waals surface area contributed by atoms with Crippen molar-refractivity contribution in [2.45, 2.75) is 25.4 Å². The van der Waals surface area contributed by atoms with Gasteiger partial charge in [0.25, 0.3) is 0 Å². The lowest BCUT2D eigenvalue weighted by molar-refractivity contribution is 0.316. The maximum absolute atomic E-state index is 8.71. The Morgan fingerprint density at radius 3 is 2.81 bits per heavy atom. The molecule has 0 aliphatic heterocycles. The predicted molar refractivity (Wildman–Crippen MR) is 64.9 cm³/mol. The van der Waals surface area contributed by atoms with Crippen LogP contribution < -0.4 is 0 Å². The predicted octanol–water partition coefficient (Wildman–Crippen LogP) is 1.62. The van der Waals surface area contributed by atoms with Crippen molar-refractivity contribution in [3.05, 3.63) is 35.4 Å². The molecule has 0 aromatic heterocycles. The molecule has 2 rings (SSSR count). The van der Waals surface area contributed by atoms with Gasteiger partial charge in [-0.05, 0) is 31.5 Å². The summed E-state index contributed by atoms with van der Waals surface area (Å²) < 4.78 is 0. The normalized spacial score (nSPS) is 14.7. The molecule has 0 unspecified atom stereocenters. The highest BCUT2D eigenvalue weighted by Crippen LogP contribution is 2.27. The topological polar surface area (TPSA) is 23.5 Å². The van der Waals surface area contributed by atoms with Crippen molar-refractivity contribution in [1.29, 1.82) is 0 Å². The van der Waals surface area contributed by atoms with Crippen LogP contribution in [0.1, 0.15) is 24.0 Å². The van der Waals surface area contributed by atoms with E-state index in [1.807, 2.05) is 18.2 Å². The first-order valence-corrected chi connectivity index (χ1v) is 5.69. The lowest BCUT2D eigenvalue weighted by Gasteiger charge is -2.16. The van der Waals surface area contributed by atoms with Gasteiger partial charge >= 0.3 is 0 Å². The fourth-order valence-corrected chi connectivity index (χ4v) is 1.83. The van der Waals surface area contributed by atoms with Crippen LogP contribution in [0.25, 0.3) is 0 Å². The Balaban J connectivity index is 2.12. The fourth-order valence-electron chi connectivity index (χ4n) is 1.83. The van der Waals surface area contributed by atoms with E-state index in [0.717, 1.165) is 18.2 Å². The van der Waals surface area contributed by atoms with Gasteiger partial charge in [-0.25, -0.2) is 0 Å². The standard InChI is InChI=1S/C14H17NO/c1-15(14-8-9-14)11-13-6-3-2-5-12(13)7-4-10-16/h2-3,5-6,14,16H,8-11H2,1H3. The van der Waals surface area contributed by atoms with Crippen molar-refractivity contribution < 1.29 is 5.11 Å². The Bertz CT molecular complexity index is 412. The van der Waals surface area contributed by atoms with Gasteiger partial charge in [-0.3, -0.25) is 4.90 Å². The van der Waals surface area contributed by atoms with E-state index in [4.69, 9.17) is 5.11 Å². The van der Waals surface area contributed by atoms with Crippen molar-refractivity contribution in [3.63, 3.8) is 0 Å². The summed E-state index contributed by atoms with van der Waals surface area (Å²) in [4.78, 5) is 2.37. The smallest absolute Gasteiger partial charge is 0.104 e. The largest absolute Gasteiger partial charge is 0.384 e. The summed E-state index contributed by atoms with van der Waals surface area (Å²) in [6.07, 6.45) is 2.64. The lowest BCUT2D eigenvalue weighted by Crippen LogP contribution is -2.20. The van der Waals surface area contributed by atoms with Crippen LogP contribution in [-0.4, -0.2) is 29.7 Å². The van der Waals surface area contributed by atoms with E-state index in [-0.39, 0.29) is 6.61 Å². The van der Waals surface area contributed by atoms with Gasteiger partial charge in [0.15, 0.2) is 0 Å². The molecule has 0 bridgehead atoms. The molecule has 1 aliphatic carbocycles. The van der Waals surface area contributed by atoms with Gasteiger partial charge in [-0.15, -0.1) is 0 Å². The van der Waals surface area contributed by atoms with Crippen molar-refractivity contribution in [2.75, 3.05) is 13.7 Å². The minimum absolute atomic E-state index is 0.0766. The minimum atomic E-state index is -0.0766. The minimum Gasteiger partial charge on any atom is -0.384 e. The SMILES string of the molecule is CN(Cc1ccccc1C#CCO)C1CC1. The zero-order valence-corrected chi connectivity index (χ0v) is 9.61. The second kappa shape index (κ2) is 5.16. The average Bonchev–Trinajstić information content (AvgIpc) is 3.11. The zero-order chi connectivity index (χ0) is 11.4. The van der Waals surface area contributed by atoms with Crippen LogP contribution in [0.5, 0.6) is 0 Å². The van der Waals surface area contributed by atoms with Gasteiger partial charge < -0.3 is 5.11 Å². The summed E-state index contributed by atoms with van der Waals surface area (Å²) in [5.74, 6) is 5.71. The van der Waals surface area contributed by atoms with Crippen LogP contribution in [0.4, 0.5) is 0 Å². The highest BCUT2D eigenvalue weighted by atomic mass is 16.2. The third-order valence-corrected chi connectivity index (χ3v) is 2.91. The number of aliphatic hydroxyl groups is 1. The van der Waals surface area contributed by atoms with E-state index in [1.165, 1.54) is 18.4 Å². The highest BCUT2D eigenvalue weighted by molar-refractivity contribution is 5.41.